The fraction of sp³-hybridized carbons (Fsp3) is 0.800. The fourth-order valence-corrected chi connectivity index (χ4v) is 2.91. The van der Waals surface area contributed by atoms with Crippen LogP contribution in [0.15, 0.2) is 0 Å². The Bertz CT molecular complexity index is 273. The van der Waals surface area contributed by atoms with Crippen molar-refractivity contribution in [2.75, 3.05) is 0 Å². The minimum atomic E-state index is -1.04. The summed E-state index contributed by atoms with van der Waals surface area (Å²) in [5, 5.41) is 10.3. The molecular weight excluding hydrogens is 168 g/mol. The zero-order valence-electron chi connectivity index (χ0n) is 7.75. The van der Waals surface area contributed by atoms with E-state index in [1.165, 1.54) is 0 Å². The molecule has 0 aromatic carbocycles. The van der Waals surface area contributed by atoms with Gasteiger partial charge in [0.05, 0.1) is 11.0 Å². The number of hydrogen-bond acceptors (Lipinski definition) is 3. The van der Waals surface area contributed by atoms with E-state index in [9.17, 15) is 14.7 Å². The van der Waals surface area contributed by atoms with Crippen molar-refractivity contribution in [1.82, 2.24) is 0 Å². The molecule has 72 valence electrons. The molecule has 0 aromatic heterocycles. The van der Waals surface area contributed by atoms with E-state index in [1.54, 1.807) is 6.92 Å². The van der Waals surface area contributed by atoms with E-state index in [-0.39, 0.29) is 11.7 Å². The number of hydrogen-bond donors (Lipinski definition) is 1. The maximum absolute atomic E-state index is 11.6. The van der Waals surface area contributed by atoms with Crippen molar-refractivity contribution in [3.05, 3.63) is 0 Å². The van der Waals surface area contributed by atoms with Crippen LogP contribution < -0.4 is 0 Å². The molecule has 0 unspecified atom stereocenters. The van der Waals surface area contributed by atoms with Gasteiger partial charge in [-0.05, 0) is 26.2 Å². The number of fused-ring (bicyclic) bond motifs is 1. The molecule has 3 atom stereocenters. The normalized spacial score (nSPS) is 49.4. The van der Waals surface area contributed by atoms with Crippen LogP contribution in [0.1, 0.15) is 32.6 Å². The van der Waals surface area contributed by atoms with E-state index < -0.39 is 11.0 Å². The number of Topliss-reactive ketones (excluding diaryl/α,β-unsaturated/α-hetero) is 1. The summed E-state index contributed by atoms with van der Waals surface area (Å²) >= 11 is 0. The first-order valence-corrected chi connectivity index (χ1v) is 4.75. The molecule has 0 saturated heterocycles. The zero-order chi connectivity index (χ0) is 9.69. The largest absolute Gasteiger partial charge is 0.388 e. The Morgan fingerprint density at radius 1 is 1.54 bits per heavy atom. The Labute approximate surface area is 77.1 Å². The van der Waals surface area contributed by atoms with Gasteiger partial charge in [0.25, 0.3) is 0 Å². The van der Waals surface area contributed by atoms with Crippen molar-refractivity contribution in [2.24, 2.45) is 11.3 Å². The van der Waals surface area contributed by atoms with Gasteiger partial charge < -0.3 is 9.90 Å². The smallest absolute Gasteiger partial charge is 0.141 e. The van der Waals surface area contributed by atoms with Gasteiger partial charge in [0.15, 0.2) is 0 Å². The quantitative estimate of drug-likeness (QED) is 0.607. The topological polar surface area (TPSA) is 54.4 Å². The van der Waals surface area contributed by atoms with E-state index in [0.29, 0.717) is 25.7 Å². The van der Waals surface area contributed by atoms with Crippen LogP contribution in [-0.2, 0) is 9.59 Å². The van der Waals surface area contributed by atoms with Crippen molar-refractivity contribution >= 4 is 12.1 Å². The van der Waals surface area contributed by atoms with Gasteiger partial charge >= 0.3 is 0 Å². The van der Waals surface area contributed by atoms with Gasteiger partial charge in [0.1, 0.15) is 12.1 Å². The summed E-state index contributed by atoms with van der Waals surface area (Å²) < 4.78 is 0. The highest BCUT2D eigenvalue weighted by molar-refractivity contribution is 5.90. The SMILES string of the molecule is C[C@]12CC[C@H](C=O)[C@@]1(O)CCC2=O. The van der Waals surface area contributed by atoms with E-state index >= 15 is 0 Å². The van der Waals surface area contributed by atoms with Gasteiger partial charge in [0.2, 0.25) is 0 Å². The molecule has 0 bridgehead atoms. The van der Waals surface area contributed by atoms with Crippen LogP contribution in [0.4, 0.5) is 0 Å². The third kappa shape index (κ3) is 0.831. The van der Waals surface area contributed by atoms with Crippen LogP contribution in [-0.4, -0.2) is 22.8 Å². The predicted molar refractivity (Wildman–Crippen MR) is 46.1 cm³/mol. The molecule has 0 radical (unpaired) electrons. The van der Waals surface area contributed by atoms with Crippen LogP contribution in [0.3, 0.4) is 0 Å². The lowest BCUT2D eigenvalue weighted by molar-refractivity contribution is -0.136. The second kappa shape index (κ2) is 2.41. The van der Waals surface area contributed by atoms with E-state index in [4.69, 9.17) is 0 Å². The average molecular weight is 182 g/mol. The Morgan fingerprint density at radius 3 is 2.85 bits per heavy atom. The number of aldehydes is 1. The third-order valence-corrected chi connectivity index (χ3v) is 4.04. The second-order valence-corrected chi connectivity index (χ2v) is 4.46. The van der Waals surface area contributed by atoms with Crippen LogP contribution in [0.5, 0.6) is 0 Å². The molecule has 0 amide bonds. The zero-order valence-corrected chi connectivity index (χ0v) is 7.75. The van der Waals surface area contributed by atoms with Crippen LogP contribution in [0.25, 0.3) is 0 Å². The number of carbonyl (C=O) groups excluding carboxylic acids is 2. The minimum absolute atomic E-state index is 0.124. The highest BCUT2D eigenvalue weighted by Gasteiger charge is 2.63. The molecule has 13 heavy (non-hydrogen) atoms. The lowest BCUT2D eigenvalue weighted by Crippen LogP contribution is -2.45. The van der Waals surface area contributed by atoms with Crippen LogP contribution in [0.2, 0.25) is 0 Å². The first kappa shape index (κ1) is 8.88. The number of carbonyl (C=O) groups is 2. The van der Waals surface area contributed by atoms with Crippen molar-refractivity contribution < 1.29 is 14.7 Å². The standard InChI is InChI=1S/C10H14O3/c1-9-4-2-7(6-11)10(9,13)5-3-8(9)12/h6-7,13H,2-5H2,1H3/t7-,9-,10+/m1/s1. The maximum Gasteiger partial charge on any atom is 0.141 e. The van der Waals surface area contributed by atoms with Crippen molar-refractivity contribution in [3.63, 3.8) is 0 Å². The molecule has 1 N–H and O–H groups in total. The third-order valence-electron chi connectivity index (χ3n) is 4.04. The first-order chi connectivity index (χ1) is 6.04. The number of rotatable bonds is 1. The summed E-state index contributed by atoms with van der Waals surface area (Å²) in [7, 11) is 0. The molecular formula is C10H14O3. The molecule has 2 aliphatic rings. The summed E-state index contributed by atoms with van der Waals surface area (Å²) in [6.07, 6.45) is 3.01. The first-order valence-electron chi connectivity index (χ1n) is 4.75. The predicted octanol–water partition coefficient (Wildman–Crippen LogP) is 0.696. The highest BCUT2D eigenvalue weighted by Crippen LogP contribution is 2.56. The second-order valence-electron chi connectivity index (χ2n) is 4.46. The summed E-state index contributed by atoms with van der Waals surface area (Å²) in [6, 6.07) is 0. The molecule has 2 aliphatic carbocycles. The van der Waals surface area contributed by atoms with Crippen molar-refractivity contribution in [3.8, 4) is 0 Å². The van der Waals surface area contributed by atoms with Gasteiger partial charge in [-0.3, -0.25) is 4.79 Å². The van der Waals surface area contributed by atoms with E-state index in [2.05, 4.69) is 0 Å². The number of ketones is 1. The van der Waals surface area contributed by atoms with Gasteiger partial charge in [-0.1, -0.05) is 0 Å². The summed E-state index contributed by atoms with van der Waals surface area (Å²) in [5.74, 6) is -0.205. The Hall–Kier alpha value is -0.700. The highest BCUT2D eigenvalue weighted by atomic mass is 16.3. The minimum Gasteiger partial charge on any atom is -0.388 e. The van der Waals surface area contributed by atoms with Crippen LogP contribution >= 0.6 is 0 Å². The molecule has 3 nitrogen and oxygen atoms in total. The lowest BCUT2D eigenvalue weighted by Gasteiger charge is -2.33. The van der Waals surface area contributed by atoms with Gasteiger partial charge in [-0.15, -0.1) is 0 Å². The lowest BCUT2D eigenvalue weighted by atomic mass is 9.75. The summed E-state index contributed by atoms with van der Waals surface area (Å²) in [4.78, 5) is 22.3. The summed E-state index contributed by atoms with van der Waals surface area (Å²) in [5.41, 5.74) is -1.68. The molecule has 0 heterocycles. The van der Waals surface area contributed by atoms with Crippen LogP contribution in [0, 0.1) is 11.3 Å². The molecule has 0 spiro atoms. The van der Waals surface area contributed by atoms with Crippen molar-refractivity contribution in [2.45, 2.75) is 38.2 Å². The molecule has 2 rings (SSSR count). The molecule has 2 saturated carbocycles. The fourth-order valence-electron chi connectivity index (χ4n) is 2.91. The average Bonchev–Trinajstić information content (AvgIpc) is 2.48. The van der Waals surface area contributed by atoms with Crippen molar-refractivity contribution in [1.29, 1.82) is 0 Å². The van der Waals surface area contributed by atoms with Gasteiger partial charge in [-0.25, -0.2) is 0 Å². The summed E-state index contributed by atoms with van der Waals surface area (Å²) in [6.45, 7) is 1.80. The van der Waals surface area contributed by atoms with Gasteiger partial charge in [-0.2, -0.15) is 0 Å². The Morgan fingerprint density at radius 2 is 2.23 bits per heavy atom. The molecule has 3 heteroatoms. The van der Waals surface area contributed by atoms with E-state index in [0.717, 1.165) is 6.29 Å². The van der Waals surface area contributed by atoms with E-state index in [1.807, 2.05) is 0 Å². The maximum atomic E-state index is 11.6. The molecule has 0 aromatic rings. The van der Waals surface area contributed by atoms with Gasteiger partial charge in [0, 0.05) is 12.3 Å². The molecule has 0 aliphatic heterocycles. The Balaban J connectivity index is 2.43. The monoisotopic (exact) mass is 182 g/mol. The number of aliphatic hydroxyl groups is 1. The Kier molecular flexibility index (Phi) is 1.65. The molecule has 2 fully saturated rings.